The predicted molar refractivity (Wildman–Crippen MR) is 240 cm³/mol. The van der Waals surface area contributed by atoms with Gasteiger partial charge in [0.1, 0.15) is 24.2 Å². The van der Waals surface area contributed by atoms with E-state index in [4.69, 9.17) is 9.73 Å². The maximum Gasteiger partial charge on any atom is 0.417 e. The highest BCUT2D eigenvalue weighted by Gasteiger charge is 2.49. The number of carbonyl (C=O) groups is 1. The summed E-state index contributed by atoms with van der Waals surface area (Å²) in [7, 11) is 1.85. The second-order valence-electron chi connectivity index (χ2n) is 17.8. The van der Waals surface area contributed by atoms with E-state index in [0.29, 0.717) is 35.4 Å². The number of benzene rings is 1. The van der Waals surface area contributed by atoms with Crippen molar-refractivity contribution in [2.45, 2.75) is 138 Å². The van der Waals surface area contributed by atoms with E-state index in [-0.39, 0.29) is 67.6 Å². The van der Waals surface area contributed by atoms with Gasteiger partial charge in [-0.25, -0.2) is 13.8 Å². The molecule has 2 aromatic rings. The van der Waals surface area contributed by atoms with Gasteiger partial charge in [-0.15, -0.1) is 11.3 Å². The Labute approximate surface area is 364 Å². The van der Waals surface area contributed by atoms with Gasteiger partial charge in [-0.05, 0) is 112 Å². The molecule has 3 atom stereocenters. The zero-order valence-electron chi connectivity index (χ0n) is 38.0. The van der Waals surface area contributed by atoms with Gasteiger partial charge in [0.05, 0.1) is 21.4 Å². The van der Waals surface area contributed by atoms with E-state index >= 15 is 22.0 Å². The number of hydrogen-bond donors (Lipinski definition) is 0. The molecule has 3 heterocycles. The molecule has 1 aromatic carbocycles. The third-order valence-electron chi connectivity index (χ3n) is 12.3. The summed E-state index contributed by atoms with van der Waals surface area (Å²) in [5.41, 5.74) is -2.13. The second kappa shape index (κ2) is 20.9. The lowest BCUT2D eigenvalue weighted by Gasteiger charge is -2.36. The van der Waals surface area contributed by atoms with Crippen LogP contribution in [-0.4, -0.2) is 65.8 Å². The number of ether oxygens (including phenoxy) is 1. The minimum absolute atomic E-state index is 0.00138. The van der Waals surface area contributed by atoms with Crippen molar-refractivity contribution in [2.75, 3.05) is 26.7 Å². The lowest BCUT2D eigenvalue weighted by atomic mass is 9.84. The van der Waals surface area contributed by atoms with Crippen LogP contribution in [0.25, 0.3) is 15.7 Å². The highest BCUT2D eigenvalue weighted by molar-refractivity contribution is 7.19. The van der Waals surface area contributed by atoms with Crippen LogP contribution in [0.5, 0.6) is 0 Å². The number of aliphatic imine (C=N–C) groups is 1. The van der Waals surface area contributed by atoms with Crippen LogP contribution in [0.2, 0.25) is 0 Å². The van der Waals surface area contributed by atoms with E-state index in [1.165, 1.54) is 13.0 Å². The monoisotopic (exact) mass is 868 g/mol. The Morgan fingerprint density at radius 1 is 1.15 bits per heavy atom. The van der Waals surface area contributed by atoms with Gasteiger partial charge in [-0.1, -0.05) is 74.5 Å². The fourth-order valence-corrected chi connectivity index (χ4v) is 10.1. The number of ketones is 1. The Kier molecular flexibility index (Phi) is 17.0. The Bertz CT molecular complexity index is 2130. The van der Waals surface area contributed by atoms with Crippen molar-refractivity contribution in [1.29, 1.82) is 5.26 Å². The molecule has 3 unspecified atom stereocenters. The first kappa shape index (κ1) is 49.6. The molecule has 0 radical (unpaired) electrons. The van der Waals surface area contributed by atoms with Gasteiger partial charge in [-0.2, -0.15) is 18.4 Å². The molecule has 0 bridgehead atoms. The molecule has 334 valence electrons. The summed E-state index contributed by atoms with van der Waals surface area (Å²) in [6.45, 7) is 24.9. The highest BCUT2D eigenvalue weighted by atomic mass is 32.1. The molecule has 3 aliphatic rings. The number of nitrogens with zero attached hydrogens (tertiary/aromatic N) is 4. The Morgan fingerprint density at radius 2 is 1.82 bits per heavy atom. The zero-order valence-corrected chi connectivity index (χ0v) is 38.8. The van der Waals surface area contributed by atoms with Crippen molar-refractivity contribution >= 4 is 38.5 Å². The standard InChI is InChI=1S/C45H59F5N4OS.C4H6O/c1-11-14-37(55-25-44-19-13-20-54(44)24-30(12-2)22-44)52-41-32(29(9)53(10)36(27(5)6)18-15-26(3)4)21-34(45(48,49)50)39(40(41)47)31-16-17-35(46)43-38(31)33(23-51)42(56-43)28(7)8;1-3-4(2)5/h14,16-17,21,26-28,30,36H,11-13,15,18-20,22,24-25H2,1-10H3;3H,1H2,2H3/b32-29+,37-14-,52-41+;. The second-order valence-corrected chi connectivity index (χ2v) is 18.9. The van der Waals surface area contributed by atoms with Crippen molar-refractivity contribution < 1.29 is 31.5 Å². The van der Waals surface area contributed by atoms with Gasteiger partial charge >= 0.3 is 6.18 Å². The Hall–Kier alpha value is -4.08. The average Bonchev–Trinajstić information content (AvgIpc) is 3.88. The first-order valence-corrected chi connectivity index (χ1v) is 22.6. The van der Waals surface area contributed by atoms with Gasteiger partial charge in [0.15, 0.2) is 11.6 Å². The van der Waals surface area contributed by atoms with Gasteiger partial charge < -0.3 is 9.64 Å². The van der Waals surface area contributed by atoms with Crippen LogP contribution in [0.3, 0.4) is 0 Å². The smallest absolute Gasteiger partial charge is 0.417 e. The summed E-state index contributed by atoms with van der Waals surface area (Å²) in [5.74, 6) is -0.807. The Balaban J connectivity index is 0.00000155. The lowest BCUT2D eigenvalue weighted by molar-refractivity contribution is -0.112. The largest absolute Gasteiger partial charge is 0.476 e. The molecule has 2 fully saturated rings. The zero-order chi connectivity index (χ0) is 45.6. The van der Waals surface area contributed by atoms with Crippen molar-refractivity contribution in [3.05, 3.63) is 87.3 Å². The number of rotatable bonds is 15. The SMILES string of the molecule is C=CC(C)=O.CC/C=C(/N=C1/C(F)=C(c2ccc(F)c3sc(C(C)C)c(C#N)c23)C(C(F)(F)F)=C/C1=C(/C)N(C)C(CCC(C)C)C(C)C)OCC12CCCN1CC(CC)C2. The van der Waals surface area contributed by atoms with Gasteiger partial charge in [0, 0.05) is 46.7 Å². The number of alkyl halides is 3. The molecule has 0 amide bonds. The number of hydrogen-bond acceptors (Lipinski definition) is 7. The topological polar surface area (TPSA) is 68.9 Å². The summed E-state index contributed by atoms with van der Waals surface area (Å²) in [6, 6.07) is 4.28. The van der Waals surface area contributed by atoms with Crippen LogP contribution in [-0.2, 0) is 9.53 Å². The van der Waals surface area contributed by atoms with Crippen LogP contribution in [0.4, 0.5) is 22.0 Å². The summed E-state index contributed by atoms with van der Waals surface area (Å²) in [5, 5.41) is 10.3. The molecular formula is C49H65F5N4O2S. The van der Waals surface area contributed by atoms with Crippen molar-refractivity contribution in [1.82, 2.24) is 9.80 Å². The molecule has 0 N–H and O–H groups in total. The molecule has 1 aliphatic carbocycles. The van der Waals surface area contributed by atoms with Crippen LogP contribution in [0, 0.1) is 34.9 Å². The van der Waals surface area contributed by atoms with E-state index in [2.05, 4.69) is 52.2 Å². The fraction of sp³-hybridized carbons (Fsp3) is 0.571. The summed E-state index contributed by atoms with van der Waals surface area (Å²) < 4.78 is 86.1. The van der Waals surface area contributed by atoms with Gasteiger partial charge in [0.2, 0.25) is 5.88 Å². The third kappa shape index (κ3) is 11.1. The predicted octanol–water partition coefficient (Wildman–Crippen LogP) is 13.6. The Morgan fingerprint density at radius 3 is 2.36 bits per heavy atom. The van der Waals surface area contributed by atoms with Gasteiger partial charge in [-0.3, -0.25) is 9.69 Å². The van der Waals surface area contributed by atoms with E-state index in [1.807, 2.05) is 32.7 Å². The minimum Gasteiger partial charge on any atom is -0.476 e. The first-order valence-electron chi connectivity index (χ1n) is 21.7. The number of allylic oxidation sites excluding steroid dienone is 8. The first-order chi connectivity index (χ1) is 28.7. The third-order valence-corrected chi connectivity index (χ3v) is 13.8. The molecule has 5 rings (SSSR count). The fourth-order valence-electron chi connectivity index (χ4n) is 8.89. The van der Waals surface area contributed by atoms with Crippen LogP contribution in [0.15, 0.2) is 70.5 Å². The van der Waals surface area contributed by atoms with Crippen LogP contribution >= 0.6 is 11.3 Å². The van der Waals surface area contributed by atoms with E-state index in [0.717, 1.165) is 81.2 Å². The molecule has 61 heavy (non-hydrogen) atoms. The summed E-state index contributed by atoms with van der Waals surface area (Å²) >= 11 is 1.02. The van der Waals surface area contributed by atoms with Crippen molar-refractivity contribution in [3.63, 3.8) is 0 Å². The number of thiophene rings is 1. The minimum atomic E-state index is -5.01. The number of halogens is 5. The van der Waals surface area contributed by atoms with Crippen LogP contribution < -0.4 is 0 Å². The number of fused-ring (bicyclic) bond motifs is 2. The molecular weight excluding hydrogens is 804 g/mol. The number of carbonyl (C=O) groups excluding carboxylic acids is 1. The molecule has 0 spiro atoms. The molecule has 0 saturated carbocycles. The molecule has 12 heteroatoms. The van der Waals surface area contributed by atoms with E-state index in [9.17, 15) is 10.1 Å². The lowest BCUT2D eigenvalue weighted by Crippen LogP contribution is -2.42. The summed E-state index contributed by atoms with van der Waals surface area (Å²) in [4.78, 5) is 19.5. The quantitative estimate of drug-likeness (QED) is 0.101. The van der Waals surface area contributed by atoms with Crippen LogP contribution in [0.1, 0.15) is 136 Å². The van der Waals surface area contributed by atoms with E-state index in [1.54, 1.807) is 13.0 Å². The van der Waals surface area contributed by atoms with Gasteiger partial charge in [0.25, 0.3) is 0 Å². The normalized spacial score (nSPS) is 21.8. The van der Waals surface area contributed by atoms with Crippen molar-refractivity contribution in [3.8, 4) is 6.07 Å². The molecule has 1 aromatic heterocycles. The molecule has 2 saturated heterocycles. The average molecular weight is 869 g/mol. The number of nitriles is 1. The molecule has 2 aliphatic heterocycles. The maximum absolute atomic E-state index is 17.8. The maximum atomic E-state index is 17.8. The van der Waals surface area contributed by atoms with E-state index < -0.39 is 29.0 Å². The molecule has 6 nitrogen and oxygen atoms in total. The summed E-state index contributed by atoms with van der Waals surface area (Å²) in [6.07, 6.45) is 5.29. The van der Waals surface area contributed by atoms with Crippen molar-refractivity contribution in [2.24, 2.45) is 22.7 Å². The highest BCUT2D eigenvalue weighted by Crippen LogP contribution is 2.49.